The molecule has 0 atom stereocenters. The summed E-state index contributed by atoms with van der Waals surface area (Å²) in [7, 11) is 0. The van der Waals surface area contributed by atoms with Crippen LogP contribution in [0.4, 0.5) is 30.2 Å². The molecule has 86 heavy (non-hydrogen) atoms. The second-order valence-corrected chi connectivity index (χ2v) is 20.1. The first-order chi connectivity index (χ1) is 41.0. The van der Waals surface area contributed by atoms with Gasteiger partial charge in [0.25, 0.3) is 17.7 Å². The lowest BCUT2D eigenvalue weighted by atomic mass is 10.0. The van der Waals surface area contributed by atoms with E-state index in [1.807, 2.05) is 13.8 Å². The number of nitrogens with one attached hydrogen (secondary N) is 7. The van der Waals surface area contributed by atoms with Gasteiger partial charge in [-0.15, -0.1) is 0 Å². The summed E-state index contributed by atoms with van der Waals surface area (Å²) in [4.78, 5) is 95.8. The van der Waals surface area contributed by atoms with Crippen molar-refractivity contribution in [1.29, 1.82) is 0 Å². The van der Waals surface area contributed by atoms with Gasteiger partial charge in [0, 0.05) is 82.8 Å². The minimum absolute atomic E-state index is 0.0643. The summed E-state index contributed by atoms with van der Waals surface area (Å²) in [5.41, 5.74) is 17.1. The maximum Gasteiger partial charge on any atom is 0.340 e. The number of halogens is 3. The number of hydrogen-bond donors (Lipinski definition) is 8. The Kier molecular flexibility index (Phi) is 25.2. The van der Waals surface area contributed by atoms with Crippen molar-refractivity contribution in [3.05, 3.63) is 156 Å². The van der Waals surface area contributed by atoms with Crippen LogP contribution in [0.2, 0.25) is 0 Å². The number of aldehydes is 1. The molecule has 0 bridgehead atoms. The molecule has 19 nitrogen and oxygen atoms in total. The molecule has 0 saturated carbocycles. The van der Waals surface area contributed by atoms with Gasteiger partial charge in [-0.2, -0.15) is 0 Å². The number of benzene rings is 3. The molecule has 0 spiro atoms. The number of nitrogens with zero attached hydrogens (tertiary/aromatic N) is 2. The number of fused-ring (bicyclic) bond motifs is 3. The Morgan fingerprint density at radius 3 is 1.40 bits per heavy atom. The first kappa shape index (κ1) is 67.9. The number of esters is 2. The molecule has 0 aliphatic carbocycles. The van der Waals surface area contributed by atoms with Crippen LogP contribution < -0.4 is 27.0 Å². The van der Waals surface area contributed by atoms with E-state index in [2.05, 4.69) is 73.7 Å². The molecule has 460 valence electrons. The Morgan fingerprint density at radius 1 is 0.570 bits per heavy atom. The normalized spacial score (nSPS) is 13.4. The number of nitrogens with two attached hydrogens (primary N) is 1. The molecule has 22 heteroatoms. The highest BCUT2D eigenvalue weighted by atomic mass is 19.1. The Hall–Kier alpha value is -8.86. The summed E-state index contributed by atoms with van der Waals surface area (Å²) in [6.45, 7) is 30.6. The second kappa shape index (κ2) is 31.9. The molecule has 0 unspecified atom stereocenters. The number of amides is 4. The van der Waals surface area contributed by atoms with Crippen molar-refractivity contribution in [3.8, 4) is 0 Å². The average molecular weight is 1190 g/mol. The van der Waals surface area contributed by atoms with Crippen LogP contribution in [-0.4, -0.2) is 132 Å². The molecular formula is C64H79F3N10O9. The number of aromatic nitrogens is 3. The monoisotopic (exact) mass is 1190 g/mol. The van der Waals surface area contributed by atoms with Gasteiger partial charge in [0.05, 0.1) is 53.2 Å². The van der Waals surface area contributed by atoms with Gasteiger partial charge in [0.1, 0.15) is 17.5 Å². The first-order valence-corrected chi connectivity index (χ1v) is 28.5. The molecule has 3 aliphatic heterocycles. The Balaban J connectivity index is 0.000000211. The fourth-order valence-corrected chi connectivity index (χ4v) is 9.86. The quantitative estimate of drug-likeness (QED) is 0.0241. The van der Waals surface area contributed by atoms with E-state index in [9.17, 15) is 46.7 Å². The van der Waals surface area contributed by atoms with E-state index in [4.69, 9.17) is 15.2 Å². The summed E-state index contributed by atoms with van der Waals surface area (Å²) in [6, 6.07) is 12.6. The number of likely N-dealkylation sites (N-methyl/N-ethyl adjacent to an activating group) is 2. The zero-order valence-electron chi connectivity index (χ0n) is 51.0. The van der Waals surface area contributed by atoms with Gasteiger partial charge in [0.2, 0.25) is 5.91 Å². The van der Waals surface area contributed by atoms with Gasteiger partial charge in [0.15, 0.2) is 6.29 Å². The SMILES string of the molecule is CCN(CC)CCN.CCN(CC)CCNC(=O)c1c(C)[nH]c(/C=C2\C(=O)Nc3ccc(F)cc32)c1C.CCOC(=O)c1c(C)[nH]c(/C=C2\C(=O)Nc3ccc(F)cc32)c1C.CCOC(=O)c1c(C)[nH]c(C=O)c1C.O=C1Cc2cc(F)ccc2N1. The van der Waals surface area contributed by atoms with Gasteiger partial charge in [-0.3, -0.25) is 24.0 Å². The maximum absolute atomic E-state index is 13.7. The van der Waals surface area contributed by atoms with Crippen molar-refractivity contribution in [3.63, 3.8) is 0 Å². The van der Waals surface area contributed by atoms with Crippen LogP contribution in [0.1, 0.15) is 145 Å². The van der Waals surface area contributed by atoms with Gasteiger partial charge in [-0.25, -0.2) is 22.8 Å². The molecule has 6 heterocycles. The third-order valence-corrected chi connectivity index (χ3v) is 14.5. The van der Waals surface area contributed by atoms with E-state index in [0.717, 1.165) is 68.3 Å². The number of carbonyl (C=O) groups is 7. The Bertz CT molecular complexity index is 3510. The molecule has 3 aromatic carbocycles. The van der Waals surface area contributed by atoms with Crippen molar-refractivity contribution in [2.75, 3.05) is 81.5 Å². The van der Waals surface area contributed by atoms with Crippen molar-refractivity contribution >= 4 is 82.2 Å². The smallest absolute Gasteiger partial charge is 0.340 e. The zero-order chi connectivity index (χ0) is 63.5. The number of carbonyl (C=O) groups excluding carboxylic acids is 7. The Labute approximate surface area is 499 Å². The van der Waals surface area contributed by atoms with E-state index in [1.165, 1.54) is 42.5 Å². The highest BCUT2D eigenvalue weighted by Gasteiger charge is 2.28. The molecule has 0 fully saturated rings. The largest absolute Gasteiger partial charge is 0.462 e. The molecule has 4 amide bonds. The highest BCUT2D eigenvalue weighted by molar-refractivity contribution is 6.35. The number of H-pyrrole nitrogens is 3. The molecular weight excluding hydrogens is 1110 g/mol. The number of rotatable bonds is 17. The van der Waals surface area contributed by atoms with Crippen molar-refractivity contribution in [1.82, 2.24) is 30.1 Å². The average Bonchev–Trinajstić information content (AvgIpc) is 2.19. The summed E-state index contributed by atoms with van der Waals surface area (Å²) in [5, 5.41) is 11.0. The minimum atomic E-state index is -0.414. The lowest BCUT2D eigenvalue weighted by molar-refractivity contribution is -0.115. The van der Waals surface area contributed by atoms with Crippen LogP contribution >= 0.6 is 0 Å². The summed E-state index contributed by atoms with van der Waals surface area (Å²) < 4.78 is 49.6. The lowest BCUT2D eigenvalue weighted by Crippen LogP contribution is -2.35. The van der Waals surface area contributed by atoms with E-state index in [1.54, 1.807) is 65.8 Å². The van der Waals surface area contributed by atoms with E-state index in [0.29, 0.717) is 116 Å². The molecule has 9 N–H and O–H groups in total. The third kappa shape index (κ3) is 17.2. The highest BCUT2D eigenvalue weighted by Crippen LogP contribution is 2.36. The van der Waals surface area contributed by atoms with Crippen molar-refractivity contribution < 1.29 is 56.2 Å². The van der Waals surface area contributed by atoms with Crippen molar-refractivity contribution in [2.45, 2.75) is 89.5 Å². The number of aromatic amines is 3. The van der Waals surface area contributed by atoms with Crippen LogP contribution in [0, 0.1) is 59.0 Å². The summed E-state index contributed by atoms with van der Waals surface area (Å²) in [6.07, 6.45) is 4.30. The predicted molar refractivity (Wildman–Crippen MR) is 330 cm³/mol. The molecule has 6 aromatic rings. The number of ether oxygens (including phenoxy) is 2. The van der Waals surface area contributed by atoms with Gasteiger partial charge < -0.3 is 61.2 Å². The van der Waals surface area contributed by atoms with Crippen LogP contribution in [0.15, 0.2) is 54.6 Å². The molecule has 0 radical (unpaired) electrons. The topological polar surface area (TPSA) is 266 Å². The van der Waals surface area contributed by atoms with E-state index in [-0.39, 0.29) is 42.0 Å². The van der Waals surface area contributed by atoms with Crippen LogP contribution in [0.5, 0.6) is 0 Å². The fourth-order valence-electron chi connectivity index (χ4n) is 9.86. The molecule has 9 rings (SSSR count). The van der Waals surface area contributed by atoms with E-state index >= 15 is 0 Å². The predicted octanol–water partition coefficient (Wildman–Crippen LogP) is 10.0. The molecule has 3 aromatic heterocycles. The van der Waals surface area contributed by atoms with Gasteiger partial charge in [-0.05, 0) is 171 Å². The zero-order valence-corrected chi connectivity index (χ0v) is 51.0. The first-order valence-electron chi connectivity index (χ1n) is 28.5. The third-order valence-electron chi connectivity index (χ3n) is 14.5. The second-order valence-electron chi connectivity index (χ2n) is 20.1. The number of hydrogen-bond acceptors (Lipinski definition) is 12. The summed E-state index contributed by atoms with van der Waals surface area (Å²) >= 11 is 0. The minimum Gasteiger partial charge on any atom is -0.462 e. The summed E-state index contributed by atoms with van der Waals surface area (Å²) in [5.74, 6) is -2.70. The lowest BCUT2D eigenvalue weighted by Gasteiger charge is -2.18. The van der Waals surface area contributed by atoms with Crippen molar-refractivity contribution in [2.24, 2.45) is 5.73 Å². The Morgan fingerprint density at radius 2 is 0.977 bits per heavy atom. The van der Waals surface area contributed by atoms with Gasteiger partial charge in [-0.1, -0.05) is 27.7 Å². The van der Waals surface area contributed by atoms with Crippen LogP contribution in [-0.2, 0) is 30.3 Å². The molecule has 3 aliphatic rings. The maximum atomic E-state index is 13.7. The van der Waals surface area contributed by atoms with Crippen LogP contribution in [0.3, 0.4) is 0 Å². The van der Waals surface area contributed by atoms with Crippen LogP contribution in [0.25, 0.3) is 23.3 Å². The number of aryl methyl sites for hydroxylation is 3. The fraction of sp³-hybridized carbons (Fsp3) is 0.359. The van der Waals surface area contributed by atoms with E-state index < -0.39 is 17.6 Å². The number of anilines is 3. The standard InChI is InChI=1S/C22H27FN4O2.C18H17FN2O3.C10H13NO3.C8H6FNO.C6H16N2/c1-5-27(6-2)10-9-24-22(29)20-13(3)19(25-14(20)4)12-17-16-11-15(23)7-8-18(16)26-21(17)28;1-4-24-18(23)16-9(2)15(20-10(16)3)8-13-12-7-11(19)5-6-14(12)21-17(13)22;1-4-14-10(13)9-6(2)8(5-12)11-7(9)3;9-6-1-2-7-5(3-6)4-8(11)10-7;1-3-8(4-2)6-5-7/h7-8,11-12,25H,5-6,9-10H2,1-4H3,(H,24,29)(H,26,28);5-8,20H,4H2,1-3H3,(H,21,22);5,11H,4H2,1-3H3;1-3H,4H2,(H,10,11);3-7H2,1-2H3/b17-12-;13-8-;;;. The molecule has 0 saturated heterocycles. The van der Waals surface area contributed by atoms with Gasteiger partial charge >= 0.3 is 11.9 Å².